The first kappa shape index (κ1) is 16.3. The number of nitrogens with zero attached hydrogens (tertiary/aromatic N) is 2. The van der Waals surface area contributed by atoms with E-state index in [0.717, 1.165) is 0 Å². The Morgan fingerprint density at radius 2 is 1.77 bits per heavy atom. The summed E-state index contributed by atoms with van der Waals surface area (Å²) in [7, 11) is 1.57. The summed E-state index contributed by atoms with van der Waals surface area (Å²) >= 11 is 18.3. The molecule has 1 N–H and O–H groups in total. The van der Waals surface area contributed by atoms with Crippen molar-refractivity contribution in [3.63, 3.8) is 0 Å². The number of hydrogen-bond acceptors (Lipinski definition) is 3. The molecule has 0 saturated heterocycles. The van der Waals surface area contributed by atoms with Crippen LogP contribution in [0.4, 0.5) is 17.1 Å². The number of nitriles is 1. The minimum atomic E-state index is -0.0369. The van der Waals surface area contributed by atoms with Gasteiger partial charge in [0.2, 0.25) is 5.69 Å². The molecule has 4 nitrogen and oxygen atoms in total. The highest BCUT2D eigenvalue weighted by Gasteiger charge is 2.21. The molecule has 22 heavy (non-hydrogen) atoms. The average Bonchev–Trinajstić information content (AvgIpc) is 2.54. The van der Waals surface area contributed by atoms with Gasteiger partial charge in [-0.25, -0.2) is 4.85 Å². The van der Waals surface area contributed by atoms with Crippen molar-refractivity contribution in [1.29, 1.82) is 5.26 Å². The second-order valence-electron chi connectivity index (χ2n) is 4.12. The van der Waals surface area contributed by atoms with Crippen LogP contribution >= 0.6 is 34.8 Å². The fraction of sp³-hybridized carbons (Fsp3) is 0.0667. The van der Waals surface area contributed by atoms with Gasteiger partial charge in [-0.05, 0) is 24.3 Å². The molecular formula is C15H8Cl3N3O. The van der Waals surface area contributed by atoms with Crippen molar-refractivity contribution in [3.8, 4) is 11.8 Å². The number of benzene rings is 2. The Hall–Kier alpha value is -2.11. The van der Waals surface area contributed by atoms with Gasteiger partial charge in [-0.15, -0.1) is 0 Å². The van der Waals surface area contributed by atoms with Crippen LogP contribution in [0.5, 0.6) is 5.75 Å². The van der Waals surface area contributed by atoms with Crippen LogP contribution in [0.1, 0.15) is 5.56 Å². The molecule has 2 aromatic carbocycles. The number of methoxy groups -OCH3 is 1. The Morgan fingerprint density at radius 3 is 2.27 bits per heavy atom. The van der Waals surface area contributed by atoms with Crippen molar-refractivity contribution in [1.82, 2.24) is 0 Å². The SMILES string of the molecule is [C-]#[N+]c1c(Cl)c(Cl)c(Nc2ccc(OC)cc2)c(C#N)c1Cl. The monoisotopic (exact) mass is 351 g/mol. The third kappa shape index (κ3) is 2.91. The lowest BCUT2D eigenvalue weighted by atomic mass is 10.1. The summed E-state index contributed by atoms with van der Waals surface area (Å²) in [4.78, 5) is 3.22. The van der Waals surface area contributed by atoms with E-state index >= 15 is 0 Å². The molecule has 0 spiro atoms. The van der Waals surface area contributed by atoms with E-state index in [2.05, 4.69) is 10.2 Å². The molecule has 0 aromatic heterocycles. The van der Waals surface area contributed by atoms with Gasteiger partial charge < -0.3 is 10.1 Å². The molecule has 0 unspecified atom stereocenters. The first-order valence-corrected chi connectivity index (χ1v) is 7.06. The van der Waals surface area contributed by atoms with E-state index < -0.39 is 0 Å². The third-order valence-electron chi connectivity index (χ3n) is 2.88. The second kappa shape index (κ2) is 6.77. The van der Waals surface area contributed by atoms with Crippen LogP contribution in [0.2, 0.25) is 15.1 Å². The predicted octanol–water partition coefficient (Wildman–Crippen LogP) is 5.82. The summed E-state index contributed by atoms with van der Waals surface area (Å²) in [5, 5.41) is 12.3. The quantitative estimate of drug-likeness (QED) is 0.559. The molecule has 0 atom stereocenters. The van der Waals surface area contributed by atoms with E-state index in [1.54, 1.807) is 31.4 Å². The van der Waals surface area contributed by atoms with E-state index in [9.17, 15) is 5.26 Å². The van der Waals surface area contributed by atoms with E-state index in [1.165, 1.54) is 0 Å². The summed E-state index contributed by atoms with van der Waals surface area (Å²) in [6.45, 7) is 7.08. The van der Waals surface area contributed by atoms with Crippen LogP contribution in [0, 0.1) is 17.9 Å². The van der Waals surface area contributed by atoms with Crippen LogP contribution in [0.15, 0.2) is 24.3 Å². The lowest BCUT2D eigenvalue weighted by molar-refractivity contribution is 0.415. The minimum absolute atomic E-state index is 0.0108. The molecule has 0 aliphatic heterocycles. The van der Waals surface area contributed by atoms with Crippen molar-refractivity contribution in [2.45, 2.75) is 0 Å². The molecule has 0 aliphatic rings. The van der Waals surface area contributed by atoms with E-state index in [4.69, 9.17) is 46.1 Å². The summed E-state index contributed by atoms with van der Waals surface area (Å²) in [6, 6.07) is 8.94. The topological polar surface area (TPSA) is 49.4 Å². The highest BCUT2D eigenvalue weighted by molar-refractivity contribution is 6.48. The molecule has 7 heteroatoms. The summed E-state index contributed by atoms with van der Waals surface area (Å²) in [5.74, 6) is 0.691. The normalized spacial score (nSPS) is 9.73. The molecule has 2 rings (SSSR count). The van der Waals surface area contributed by atoms with E-state index in [0.29, 0.717) is 11.4 Å². The van der Waals surface area contributed by atoms with Gasteiger partial charge >= 0.3 is 0 Å². The number of ether oxygens (including phenoxy) is 1. The third-order valence-corrected chi connectivity index (χ3v) is 4.09. The molecule has 0 amide bonds. The zero-order valence-electron chi connectivity index (χ0n) is 11.2. The maximum Gasteiger partial charge on any atom is 0.226 e. The van der Waals surface area contributed by atoms with Crippen LogP contribution in [0.3, 0.4) is 0 Å². The van der Waals surface area contributed by atoms with Crippen molar-refractivity contribution in [2.75, 3.05) is 12.4 Å². The summed E-state index contributed by atoms with van der Waals surface area (Å²) in [5.41, 5.74) is 0.960. The van der Waals surface area contributed by atoms with Gasteiger partial charge in [0.15, 0.2) is 0 Å². The highest BCUT2D eigenvalue weighted by Crippen LogP contribution is 2.46. The molecule has 0 aliphatic carbocycles. The van der Waals surface area contributed by atoms with Gasteiger partial charge in [0.25, 0.3) is 0 Å². The Labute approximate surface area is 142 Å². The van der Waals surface area contributed by atoms with Crippen LogP contribution in [-0.2, 0) is 0 Å². The van der Waals surface area contributed by atoms with Gasteiger partial charge in [-0.2, -0.15) is 5.26 Å². The van der Waals surface area contributed by atoms with Gasteiger partial charge in [-0.1, -0.05) is 34.8 Å². The first-order valence-electron chi connectivity index (χ1n) is 5.92. The van der Waals surface area contributed by atoms with Crippen molar-refractivity contribution >= 4 is 51.9 Å². The zero-order chi connectivity index (χ0) is 16.3. The fourth-order valence-electron chi connectivity index (χ4n) is 1.79. The molecule has 0 bridgehead atoms. The van der Waals surface area contributed by atoms with Gasteiger partial charge in [0.05, 0.1) is 40.0 Å². The Kier molecular flexibility index (Phi) is 5.00. The standard InChI is InChI=1S/C15H8Cl3N3O/c1-20-15-11(16)10(7-19)14(12(17)13(15)18)21-8-3-5-9(22-2)6-4-8/h3-6,21H,2H3. The number of hydrogen-bond donors (Lipinski definition) is 1. The number of nitrogens with one attached hydrogen (secondary N) is 1. The lowest BCUT2D eigenvalue weighted by Crippen LogP contribution is -1.97. The largest absolute Gasteiger partial charge is 0.497 e. The molecule has 0 radical (unpaired) electrons. The number of halogens is 3. The van der Waals surface area contributed by atoms with Gasteiger partial charge in [-0.3, -0.25) is 0 Å². The smallest absolute Gasteiger partial charge is 0.226 e. The maximum absolute atomic E-state index is 9.30. The molecule has 2 aromatic rings. The number of rotatable bonds is 3. The van der Waals surface area contributed by atoms with Crippen LogP contribution in [0.25, 0.3) is 4.85 Å². The van der Waals surface area contributed by atoms with Crippen LogP contribution in [-0.4, -0.2) is 7.11 Å². The highest BCUT2D eigenvalue weighted by atomic mass is 35.5. The summed E-state index contributed by atoms with van der Waals surface area (Å²) < 4.78 is 5.07. The van der Waals surface area contributed by atoms with Crippen molar-refractivity contribution in [2.24, 2.45) is 0 Å². The predicted molar refractivity (Wildman–Crippen MR) is 88.7 cm³/mol. The molecular weight excluding hydrogens is 345 g/mol. The summed E-state index contributed by atoms with van der Waals surface area (Å²) in [6.07, 6.45) is 0. The fourth-order valence-corrected chi connectivity index (χ4v) is 2.57. The molecule has 110 valence electrons. The molecule has 0 saturated carbocycles. The average molecular weight is 353 g/mol. The molecule has 0 heterocycles. The van der Waals surface area contributed by atoms with Crippen molar-refractivity contribution in [3.05, 3.63) is 56.3 Å². The zero-order valence-corrected chi connectivity index (χ0v) is 13.5. The Balaban J connectivity index is 2.55. The van der Waals surface area contributed by atoms with E-state index in [-0.39, 0.29) is 32.0 Å². The van der Waals surface area contributed by atoms with Gasteiger partial charge in [0, 0.05) is 5.69 Å². The first-order chi connectivity index (χ1) is 10.5. The van der Waals surface area contributed by atoms with E-state index in [1.807, 2.05) is 6.07 Å². The molecule has 0 fully saturated rings. The second-order valence-corrected chi connectivity index (χ2v) is 5.25. The Bertz CT molecular complexity index is 805. The van der Waals surface area contributed by atoms with Crippen LogP contribution < -0.4 is 10.1 Å². The lowest BCUT2D eigenvalue weighted by Gasteiger charge is -2.14. The Morgan fingerprint density at radius 1 is 1.14 bits per heavy atom. The number of anilines is 2. The maximum atomic E-state index is 9.30. The van der Waals surface area contributed by atoms with Crippen molar-refractivity contribution < 1.29 is 4.74 Å². The minimum Gasteiger partial charge on any atom is -0.497 e. The van der Waals surface area contributed by atoms with Gasteiger partial charge in [0.1, 0.15) is 11.8 Å².